The first-order valence-electron chi connectivity index (χ1n) is 6.43. The molecule has 0 aromatic carbocycles. The van der Waals surface area contributed by atoms with Gasteiger partial charge in [0.05, 0.1) is 17.2 Å². The van der Waals surface area contributed by atoms with Crippen LogP contribution >= 0.6 is 12.4 Å². The van der Waals surface area contributed by atoms with E-state index in [1.165, 1.54) is 12.3 Å². The zero-order valence-corrected chi connectivity index (χ0v) is 12.5. The van der Waals surface area contributed by atoms with E-state index in [1.807, 2.05) is 0 Å². The van der Waals surface area contributed by atoms with Crippen LogP contribution in [0.1, 0.15) is 23.3 Å². The fourth-order valence-corrected chi connectivity index (χ4v) is 2.49. The number of aromatic amines is 1. The van der Waals surface area contributed by atoms with Crippen LogP contribution in [0, 0.1) is 10.1 Å². The van der Waals surface area contributed by atoms with E-state index < -0.39 is 4.92 Å². The van der Waals surface area contributed by atoms with Gasteiger partial charge in [0.15, 0.2) is 0 Å². The number of nitrogens with zero attached hydrogens (tertiary/aromatic N) is 2. The number of amides is 1. The molecule has 2 rings (SSSR count). The summed E-state index contributed by atoms with van der Waals surface area (Å²) in [4.78, 5) is 26.8. The van der Waals surface area contributed by atoms with Gasteiger partial charge in [0.1, 0.15) is 5.69 Å². The molecule has 0 bridgehead atoms. The van der Waals surface area contributed by atoms with Gasteiger partial charge in [0.25, 0.3) is 11.6 Å². The Morgan fingerprint density at radius 2 is 2.38 bits per heavy atom. The highest BCUT2D eigenvalue weighted by molar-refractivity contribution is 5.93. The molecule has 2 heterocycles. The van der Waals surface area contributed by atoms with E-state index in [0.717, 1.165) is 6.42 Å². The summed E-state index contributed by atoms with van der Waals surface area (Å²) in [6.45, 7) is 0.875. The topological polar surface area (TPSA) is 114 Å². The molecule has 21 heavy (non-hydrogen) atoms. The van der Waals surface area contributed by atoms with Crippen molar-refractivity contribution in [2.45, 2.75) is 25.0 Å². The van der Waals surface area contributed by atoms with Gasteiger partial charge in [-0.1, -0.05) is 0 Å². The molecule has 1 fully saturated rings. The van der Waals surface area contributed by atoms with Crippen LogP contribution in [0.5, 0.6) is 0 Å². The number of piperidine rings is 1. The highest BCUT2D eigenvalue weighted by Gasteiger charge is 2.32. The number of nitrogens with one attached hydrogen (secondary N) is 1. The third-order valence-electron chi connectivity index (χ3n) is 3.64. The first kappa shape index (κ1) is 17.4. The van der Waals surface area contributed by atoms with E-state index in [2.05, 4.69) is 4.98 Å². The van der Waals surface area contributed by atoms with Crippen molar-refractivity contribution in [1.82, 2.24) is 9.88 Å². The molecule has 0 aliphatic carbocycles. The maximum Gasteiger partial charge on any atom is 0.287 e. The van der Waals surface area contributed by atoms with Gasteiger partial charge in [0, 0.05) is 32.3 Å². The van der Waals surface area contributed by atoms with Gasteiger partial charge in [-0.05, 0) is 12.8 Å². The van der Waals surface area contributed by atoms with Crippen LogP contribution < -0.4 is 5.73 Å². The number of methoxy groups -OCH3 is 1. The fraction of sp³-hybridized carbons (Fsp3) is 0.583. The molecule has 2 unspecified atom stereocenters. The maximum atomic E-state index is 12.4. The minimum atomic E-state index is -0.537. The highest BCUT2D eigenvalue weighted by Crippen LogP contribution is 2.22. The molecule has 9 heteroatoms. The van der Waals surface area contributed by atoms with Gasteiger partial charge in [0.2, 0.25) is 0 Å². The van der Waals surface area contributed by atoms with Crippen LogP contribution in [-0.4, -0.2) is 53.1 Å². The zero-order valence-electron chi connectivity index (χ0n) is 11.7. The molecule has 118 valence electrons. The number of rotatable bonds is 4. The SMILES string of the molecule is COC1CCN(C(=O)c2cc([N+](=O)[O-])c[nH]2)C(CN)C1.Cl. The number of ether oxygens (including phenoxy) is 1. The molecular weight excluding hydrogens is 300 g/mol. The van der Waals surface area contributed by atoms with E-state index in [9.17, 15) is 14.9 Å². The number of likely N-dealkylation sites (tertiary alicyclic amines) is 1. The Kier molecular flexibility index (Phi) is 6.13. The number of halogens is 1. The Balaban J connectivity index is 0.00000220. The summed E-state index contributed by atoms with van der Waals surface area (Å²) in [7, 11) is 1.64. The lowest BCUT2D eigenvalue weighted by Crippen LogP contribution is -2.51. The predicted octanol–water partition coefficient (Wildman–Crippen LogP) is 0.923. The molecule has 2 atom stereocenters. The van der Waals surface area contributed by atoms with Crippen molar-refractivity contribution < 1.29 is 14.5 Å². The van der Waals surface area contributed by atoms with Gasteiger partial charge in [-0.25, -0.2) is 0 Å². The van der Waals surface area contributed by atoms with Crippen LogP contribution in [0.15, 0.2) is 12.3 Å². The van der Waals surface area contributed by atoms with Crippen molar-refractivity contribution >= 4 is 24.0 Å². The average Bonchev–Trinajstić information content (AvgIpc) is 2.95. The number of H-pyrrole nitrogens is 1. The summed E-state index contributed by atoms with van der Waals surface area (Å²) >= 11 is 0. The fourth-order valence-electron chi connectivity index (χ4n) is 2.49. The van der Waals surface area contributed by atoms with Gasteiger partial charge < -0.3 is 20.4 Å². The molecule has 8 nitrogen and oxygen atoms in total. The molecule has 1 amide bonds. The molecule has 3 N–H and O–H groups in total. The minimum Gasteiger partial charge on any atom is -0.381 e. The van der Waals surface area contributed by atoms with Crippen LogP contribution in [0.4, 0.5) is 5.69 Å². The Morgan fingerprint density at radius 3 is 2.90 bits per heavy atom. The number of hydrogen-bond acceptors (Lipinski definition) is 5. The highest BCUT2D eigenvalue weighted by atomic mass is 35.5. The van der Waals surface area contributed by atoms with Crippen LogP contribution in [0.25, 0.3) is 0 Å². The van der Waals surface area contributed by atoms with E-state index in [-0.39, 0.29) is 41.8 Å². The second-order valence-electron chi connectivity index (χ2n) is 4.80. The number of hydrogen-bond donors (Lipinski definition) is 2. The average molecular weight is 319 g/mol. The zero-order chi connectivity index (χ0) is 14.7. The Labute approximate surface area is 128 Å². The number of carbonyl (C=O) groups excluding carboxylic acids is 1. The van der Waals surface area contributed by atoms with Crippen molar-refractivity contribution in [3.8, 4) is 0 Å². The number of nitrogens with two attached hydrogens (primary N) is 1. The van der Waals surface area contributed by atoms with Gasteiger partial charge >= 0.3 is 0 Å². The van der Waals surface area contributed by atoms with E-state index in [1.54, 1.807) is 12.0 Å². The minimum absolute atomic E-state index is 0. The number of nitro groups is 1. The maximum absolute atomic E-state index is 12.4. The molecule has 1 aromatic rings. The van der Waals surface area contributed by atoms with Crippen molar-refractivity contribution in [3.63, 3.8) is 0 Å². The summed E-state index contributed by atoms with van der Waals surface area (Å²) in [6, 6.07) is 1.14. The third-order valence-corrected chi connectivity index (χ3v) is 3.64. The van der Waals surface area contributed by atoms with E-state index in [0.29, 0.717) is 19.5 Å². The summed E-state index contributed by atoms with van der Waals surface area (Å²) < 4.78 is 5.30. The quantitative estimate of drug-likeness (QED) is 0.633. The van der Waals surface area contributed by atoms with E-state index in [4.69, 9.17) is 10.5 Å². The lowest BCUT2D eigenvalue weighted by atomic mass is 9.99. The monoisotopic (exact) mass is 318 g/mol. The summed E-state index contributed by atoms with van der Waals surface area (Å²) in [5.74, 6) is -0.261. The summed E-state index contributed by atoms with van der Waals surface area (Å²) in [6.07, 6.45) is 2.74. The molecule has 0 saturated carbocycles. The molecule has 0 radical (unpaired) electrons. The first-order chi connectivity index (χ1) is 9.56. The van der Waals surface area contributed by atoms with Crippen LogP contribution in [0.3, 0.4) is 0 Å². The summed E-state index contributed by atoms with van der Waals surface area (Å²) in [5.41, 5.74) is 5.81. The summed E-state index contributed by atoms with van der Waals surface area (Å²) in [5, 5.41) is 10.6. The first-order valence-corrected chi connectivity index (χ1v) is 6.43. The lowest BCUT2D eigenvalue weighted by Gasteiger charge is -2.38. The molecular formula is C12H19ClN4O4. The molecule has 1 aliphatic rings. The number of carbonyl (C=O) groups is 1. The molecule has 0 spiro atoms. The Hall–Kier alpha value is -1.64. The molecule has 1 aliphatic heterocycles. The third kappa shape index (κ3) is 3.72. The second-order valence-corrected chi connectivity index (χ2v) is 4.80. The smallest absolute Gasteiger partial charge is 0.287 e. The molecule has 1 aromatic heterocycles. The normalized spacial score (nSPS) is 21.7. The molecule has 1 saturated heterocycles. The standard InChI is InChI=1S/C12H18N4O4.ClH/c1-20-10-2-3-15(8(4-10)6-13)12(17)11-5-9(7-14-11)16(18)19;/h5,7-8,10,14H,2-4,6,13H2,1H3;1H. The largest absolute Gasteiger partial charge is 0.381 e. The van der Waals surface area contributed by atoms with Crippen LogP contribution in [0.2, 0.25) is 0 Å². The van der Waals surface area contributed by atoms with Crippen molar-refractivity contribution in [2.24, 2.45) is 5.73 Å². The Morgan fingerprint density at radius 1 is 1.67 bits per heavy atom. The second kappa shape index (κ2) is 7.39. The van der Waals surface area contributed by atoms with E-state index >= 15 is 0 Å². The Bertz CT molecular complexity index is 507. The van der Waals surface area contributed by atoms with Gasteiger partial charge in [-0.2, -0.15) is 0 Å². The lowest BCUT2D eigenvalue weighted by molar-refractivity contribution is -0.384. The van der Waals surface area contributed by atoms with Crippen molar-refractivity contribution in [3.05, 3.63) is 28.1 Å². The van der Waals surface area contributed by atoms with Crippen molar-refractivity contribution in [2.75, 3.05) is 20.2 Å². The van der Waals surface area contributed by atoms with Crippen LogP contribution in [-0.2, 0) is 4.74 Å². The number of aromatic nitrogens is 1. The predicted molar refractivity (Wildman–Crippen MR) is 78.6 cm³/mol. The van der Waals surface area contributed by atoms with Gasteiger partial charge in [-0.3, -0.25) is 14.9 Å². The van der Waals surface area contributed by atoms with Crippen molar-refractivity contribution in [1.29, 1.82) is 0 Å². The van der Waals surface area contributed by atoms with Gasteiger partial charge in [-0.15, -0.1) is 12.4 Å².